The van der Waals surface area contributed by atoms with E-state index in [0.29, 0.717) is 0 Å². The van der Waals surface area contributed by atoms with Crippen molar-refractivity contribution in [1.82, 2.24) is 4.98 Å². The number of allylic oxidation sites excluding steroid dienone is 2. The zero-order chi connectivity index (χ0) is 34.0. The third-order valence-electron chi connectivity index (χ3n) is 9.98. The first-order valence-electron chi connectivity index (χ1n) is 16.7. The van der Waals surface area contributed by atoms with Gasteiger partial charge in [-0.05, 0) is 25.7 Å². The molecule has 4 rings (SSSR count). The SMILES string of the molecule is CCC(C)(CC)C(=O)/C=C(\O)C(C)(CC)CC.Cc1[c]([Ge]([CH3])([CH3])[CH3])sc2c(-c3[c-]c4ccccc4c(C(C)(C)C)c3)nccc12.[Ir]. The number of nitrogens with zero attached hydrogens (tertiary/aromatic N) is 1. The van der Waals surface area contributed by atoms with E-state index in [1.807, 2.05) is 59.1 Å². The van der Waals surface area contributed by atoms with Crippen LogP contribution in [0.4, 0.5) is 0 Å². The zero-order valence-electron chi connectivity index (χ0n) is 30.5. The van der Waals surface area contributed by atoms with E-state index < -0.39 is 13.3 Å². The average molecular weight is 880 g/mol. The summed E-state index contributed by atoms with van der Waals surface area (Å²) >= 11 is 0.0502. The fraction of sp³-hybridized carbons (Fsp3) is 0.500. The number of aryl methyl sites for hydroxylation is 1. The Morgan fingerprint density at radius 3 is 2.00 bits per heavy atom. The first-order valence-corrected chi connectivity index (χ1v) is 24.8. The number of thiophene rings is 1. The average Bonchev–Trinajstić information content (AvgIpc) is 3.36. The fourth-order valence-corrected chi connectivity index (χ4v) is 12.3. The minimum atomic E-state index is -1.92. The van der Waals surface area contributed by atoms with Crippen molar-refractivity contribution >= 4 is 55.0 Å². The summed E-state index contributed by atoms with van der Waals surface area (Å²) in [7, 11) is 0. The summed E-state index contributed by atoms with van der Waals surface area (Å²) in [6, 6.07) is 16.8. The van der Waals surface area contributed by atoms with Crippen LogP contribution in [0.25, 0.3) is 32.1 Å². The van der Waals surface area contributed by atoms with Crippen LogP contribution in [0.1, 0.15) is 99.1 Å². The molecule has 4 aromatic rings. The summed E-state index contributed by atoms with van der Waals surface area (Å²) in [5.41, 5.74) is 4.48. The van der Waals surface area contributed by atoms with Crippen LogP contribution in [-0.2, 0) is 30.3 Å². The van der Waals surface area contributed by atoms with Crippen molar-refractivity contribution < 1.29 is 30.0 Å². The molecule has 253 valence electrons. The number of carbonyl (C=O) groups excluding carboxylic acids is 1. The first-order chi connectivity index (χ1) is 20.9. The normalized spacial score (nSPS) is 12.9. The molecule has 0 saturated carbocycles. The number of rotatable bonds is 9. The van der Waals surface area contributed by atoms with Crippen LogP contribution in [0.15, 0.2) is 54.4 Å². The Hall–Kier alpha value is -1.79. The fourth-order valence-electron chi connectivity index (χ4n) is 5.72. The minimum Gasteiger partial charge on any atom is 0 e. The molecule has 1 N–H and O–H groups in total. The summed E-state index contributed by atoms with van der Waals surface area (Å²) in [5, 5.41) is 14.0. The first kappa shape index (κ1) is 40.4. The molecule has 0 amide bonds. The zero-order valence-corrected chi connectivity index (χ0v) is 35.8. The van der Waals surface area contributed by atoms with Crippen molar-refractivity contribution in [3.8, 4) is 11.3 Å². The molecule has 0 aliphatic carbocycles. The largest absolute Gasteiger partial charge is 0 e. The van der Waals surface area contributed by atoms with Gasteiger partial charge in [0.15, 0.2) is 5.78 Å². The van der Waals surface area contributed by atoms with E-state index >= 15 is 0 Å². The number of ketones is 1. The third-order valence-corrected chi connectivity index (χ3v) is 18.6. The number of benzene rings is 2. The Labute approximate surface area is 299 Å². The topological polar surface area (TPSA) is 50.2 Å². The number of aromatic nitrogens is 1. The Kier molecular flexibility index (Phi) is 13.7. The van der Waals surface area contributed by atoms with Gasteiger partial charge in [-0.1, -0.05) is 41.5 Å². The van der Waals surface area contributed by atoms with E-state index in [4.69, 9.17) is 4.98 Å². The number of pyridine rings is 1. The number of aliphatic hydroxyl groups excluding tert-OH is 1. The molecule has 1 radical (unpaired) electrons. The second kappa shape index (κ2) is 15.6. The Morgan fingerprint density at radius 2 is 1.48 bits per heavy atom. The van der Waals surface area contributed by atoms with E-state index in [1.165, 1.54) is 38.1 Å². The second-order valence-corrected chi connectivity index (χ2v) is 27.4. The van der Waals surface area contributed by atoms with E-state index in [9.17, 15) is 9.90 Å². The monoisotopic (exact) mass is 881 g/mol. The van der Waals surface area contributed by atoms with Gasteiger partial charge in [-0.15, -0.1) is 0 Å². The molecule has 0 aliphatic heterocycles. The molecule has 0 unspecified atom stereocenters. The van der Waals surface area contributed by atoms with Crippen LogP contribution in [0.5, 0.6) is 0 Å². The Balaban J connectivity index is 0.000000356. The van der Waals surface area contributed by atoms with Gasteiger partial charge < -0.3 is 5.11 Å². The van der Waals surface area contributed by atoms with Gasteiger partial charge >= 0.3 is 176 Å². The van der Waals surface area contributed by atoms with Gasteiger partial charge in [-0.2, -0.15) is 0 Å². The molecule has 0 fully saturated rings. The van der Waals surface area contributed by atoms with Gasteiger partial charge in [0.1, 0.15) is 5.76 Å². The van der Waals surface area contributed by atoms with Crippen LogP contribution in [0, 0.1) is 23.8 Å². The van der Waals surface area contributed by atoms with Crippen LogP contribution in [0.2, 0.25) is 17.3 Å². The Morgan fingerprint density at radius 1 is 0.913 bits per heavy atom. The maximum Gasteiger partial charge on any atom is 0 e. The van der Waals surface area contributed by atoms with Crippen molar-refractivity contribution in [2.75, 3.05) is 0 Å². The molecular weight excluding hydrogens is 823 g/mol. The van der Waals surface area contributed by atoms with Crippen molar-refractivity contribution in [3.05, 3.63) is 71.6 Å². The van der Waals surface area contributed by atoms with Gasteiger partial charge in [0.05, 0.1) is 0 Å². The van der Waals surface area contributed by atoms with Gasteiger partial charge in [0.2, 0.25) is 0 Å². The van der Waals surface area contributed by atoms with Gasteiger partial charge in [0, 0.05) is 37.0 Å². The summed E-state index contributed by atoms with van der Waals surface area (Å²) in [5.74, 6) is 7.72. The molecule has 0 bridgehead atoms. The summed E-state index contributed by atoms with van der Waals surface area (Å²) in [6.45, 7) is 21.2. The van der Waals surface area contributed by atoms with E-state index in [0.717, 1.165) is 36.9 Å². The smallest absolute Gasteiger partial charge is 0 e. The number of hydrogen-bond acceptors (Lipinski definition) is 4. The maximum absolute atomic E-state index is 12.2. The number of fused-ring (bicyclic) bond motifs is 2. The van der Waals surface area contributed by atoms with E-state index in [1.54, 1.807) is 3.71 Å². The molecule has 2 heterocycles. The number of carbonyl (C=O) groups is 1. The van der Waals surface area contributed by atoms with Gasteiger partial charge in [-0.25, -0.2) is 0 Å². The van der Waals surface area contributed by atoms with Crippen molar-refractivity contribution in [2.45, 2.75) is 118 Å². The molecule has 46 heavy (non-hydrogen) atoms. The van der Waals surface area contributed by atoms with Gasteiger partial charge in [0.25, 0.3) is 0 Å². The molecule has 0 saturated heterocycles. The van der Waals surface area contributed by atoms with E-state index in [2.05, 4.69) is 87.4 Å². The molecule has 0 spiro atoms. The van der Waals surface area contributed by atoms with Crippen LogP contribution in [0.3, 0.4) is 0 Å². The minimum absolute atomic E-state index is 0. The molecular formula is C40H56GeIrNO2S-. The standard InChI is InChI=1S/C25H28GeNS.C15H28O2.Ir/c1-16-19-12-13-27-22(23(19)28-24(16)26(5,6)7)18-14-17-10-8-9-11-20(17)21(15-18)25(2,3)4;1-7-14(5,8-2)12(16)11-13(17)15(6,9-3)10-4;/h8-13,15H,1-7H3;11,16H,7-10H2,1-6H3;/q-1;;/b;12-11-;. The summed E-state index contributed by atoms with van der Waals surface area (Å²) < 4.78 is 2.95. The van der Waals surface area contributed by atoms with E-state index in [-0.39, 0.29) is 47.9 Å². The van der Waals surface area contributed by atoms with Gasteiger partial charge in [-0.3, -0.25) is 4.79 Å². The van der Waals surface area contributed by atoms with Crippen LogP contribution >= 0.6 is 11.3 Å². The van der Waals surface area contributed by atoms with Crippen molar-refractivity contribution in [2.24, 2.45) is 10.8 Å². The molecule has 6 heteroatoms. The molecule has 0 aliphatic rings. The van der Waals surface area contributed by atoms with Crippen LogP contribution in [-0.4, -0.2) is 29.1 Å². The third kappa shape index (κ3) is 8.62. The predicted molar refractivity (Wildman–Crippen MR) is 201 cm³/mol. The van der Waals surface area contributed by atoms with Crippen molar-refractivity contribution in [3.63, 3.8) is 0 Å². The Bertz CT molecular complexity index is 1680. The molecule has 2 aromatic heterocycles. The predicted octanol–water partition coefficient (Wildman–Crippen LogP) is 11.7. The number of aliphatic hydroxyl groups is 1. The summed E-state index contributed by atoms with van der Waals surface area (Å²) in [4.78, 5) is 17.0. The molecule has 0 atom stereocenters. The molecule has 3 nitrogen and oxygen atoms in total. The summed E-state index contributed by atoms with van der Waals surface area (Å²) in [6.07, 6.45) is 6.72. The second-order valence-electron chi connectivity index (χ2n) is 15.2. The number of hydrogen-bond donors (Lipinski definition) is 1. The van der Waals surface area contributed by atoms with Crippen molar-refractivity contribution in [1.29, 1.82) is 0 Å². The quantitative estimate of drug-likeness (QED) is 0.0789. The van der Waals surface area contributed by atoms with Crippen LogP contribution < -0.4 is 3.71 Å². The maximum atomic E-state index is 12.2. The molecule has 2 aromatic carbocycles.